The van der Waals surface area contributed by atoms with Gasteiger partial charge < -0.3 is 10.2 Å². The molecule has 1 aliphatic carbocycles. The maximum Gasteiger partial charge on any atom is 0.00967 e. The predicted molar refractivity (Wildman–Crippen MR) is 88.1 cm³/mol. The van der Waals surface area contributed by atoms with E-state index in [9.17, 15) is 0 Å². The van der Waals surface area contributed by atoms with Crippen LogP contribution in [0, 0.1) is 11.3 Å². The zero-order chi connectivity index (χ0) is 14.6. The van der Waals surface area contributed by atoms with Gasteiger partial charge in [-0.3, -0.25) is 0 Å². The van der Waals surface area contributed by atoms with E-state index < -0.39 is 0 Å². The first-order valence-electron chi connectivity index (χ1n) is 8.86. The van der Waals surface area contributed by atoms with Gasteiger partial charge in [-0.1, -0.05) is 26.2 Å². The molecule has 0 atom stereocenters. The van der Waals surface area contributed by atoms with Gasteiger partial charge in [0.15, 0.2) is 0 Å². The molecule has 1 aliphatic heterocycles. The van der Waals surface area contributed by atoms with Crippen molar-refractivity contribution in [2.45, 2.75) is 78.2 Å². The molecule has 2 rings (SSSR count). The second-order valence-corrected chi connectivity index (χ2v) is 8.62. The Labute approximate surface area is 126 Å². The van der Waals surface area contributed by atoms with Gasteiger partial charge in [0.2, 0.25) is 0 Å². The zero-order valence-corrected chi connectivity index (χ0v) is 14.3. The van der Waals surface area contributed by atoms with Crippen LogP contribution in [-0.4, -0.2) is 36.6 Å². The van der Waals surface area contributed by atoms with Crippen LogP contribution in [0.25, 0.3) is 0 Å². The van der Waals surface area contributed by atoms with Crippen molar-refractivity contribution >= 4 is 0 Å². The van der Waals surface area contributed by atoms with Crippen LogP contribution in [0.1, 0.15) is 72.6 Å². The molecule has 0 aromatic carbocycles. The molecule has 1 saturated carbocycles. The number of nitrogens with zero attached hydrogens (tertiary/aromatic N) is 1. The van der Waals surface area contributed by atoms with Crippen molar-refractivity contribution < 1.29 is 0 Å². The lowest BCUT2D eigenvalue weighted by atomic mass is 9.70. The molecular weight excluding hydrogens is 244 g/mol. The Kier molecular flexibility index (Phi) is 5.53. The van der Waals surface area contributed by atoms with Crippen LogP contribution >= 0.6 is 0 Å². The summed E-state index contributed by atoms with van der Waals surface area (Å²) in [6, 6.07) is 0. The molecule has 2 aliphatic rings. The minimum atomic E-state index is 0.248. The summed E-state index contributed by atoms with van der Waals surface area (Å²) in [5.74, 6) is 0.944. The number of likely N-dealkylation sites (tertiary alicyclic amines) is 1. The molecule has 0 radical (unpaired) electrons. The van der Waals surface area contributed by atoms with E-state index in [1.165, 1.54) is 71.1 Å². The summed E-state index contributed by atoms with van der Waals surface area (Å²) < 4.78 is 0. The van der Waals surface area contributed by atoms with Crippen LogP contribution in [0.2, 0.25) is 0 Å². The normalized spacial score (nSPS) is 33.3. The highest BCUT2D eigenvalue weighted by Gasteiger charge is 2.36. The average Bonchev–Trinajstić information content (AvgIpc) is 2.40. The van der Waals surface area contributed by atoms with Gasteiger partial charge in [-0.05, 0) is 70.9 Å². The van der Waals surface area contributed by atoms with E-state index in [1.807, 2.05) is 0 Å². The fourth-order valence-electron chi connectivity index (χ4n) is 3.81. The van der Waals surface area contributed by atoms with Gasteiger partial charge in [0.25, 0.3) is 0 Å². The van der Waals surface area contributed by atoms with Crippen molar-refractivity contribution in [3.05, 3.63) is 0 Å². The Morgan fingerprint density at radius 3 is 2.20 bits per heavy atom. The molecule has 0 bridgehead atoms. The van der Waals surface area contributed by atoms with Gasteiger partial charge in [0.1, 0.15) is 0 Å². The summed E-state index contributed by atoms with van der Waals surface area (Å²) in [7, 11) is 0. The summed E-state index contributed by atoms with van der Waals surface area (Å²) in [5.41, 5.74) is 0.787. The monoisotopic (exact) mass is 280 g/mol. The Bertz CT molecular complexity index is 278. The first-order chi connectivity index (χ1) is 9.39. The average molecular weight is 280 g/mol. The molecule has 0 spiro atoms. The quantitative estimate of drug-likeness (QED) is 0.835. The minimum Gasteiger partial charge on any atom is -0.311 e. The molecule has 2 fully saturated rings. The fourth-order valence-corrected chi connectivity index (χ4v) is 3.81. The van der Waals surface area contributed by atoms with E-state index in [-0.39, 0.29) is 5.54 Å². The van der Waals surface area contributed by atoms with E-state index >= 15 is 0 Å². The lowest BCUT2D eigenvalue weighted by Crippen LogP contribution is -2.51. The molecule has 1 saturated heterocycles. The van der Waals surface area contributed by atoms with Crippen LogP contribution in [-0.2, 0) is 0 Å². The fraction of sp³-hybridized carbons (Fsp3) is 1.00. The van der Waals surface area contributed by atoms with Gasteiger partial charge in [-0.2, -0.15) is 0 Å². The summed E-state index contributed by atoms with van der Waals surface area (Å²) >= 11 is 0. The van der Waals surface area contributed by atoms with Crippen molar-refractivity contribution in [1.29, 1.82) is 0 Å². The highest BCUT2D eigenvalue weighted by Crippen LogP contribution is 2.39. The lowest BCUT2D eigenvalue weighted by molar-refractivity contribution is 0.0705. The highest BCUT2D eigenvalue weighted by molar-refractivity contribution is 4.91. The molecule has 2 heteroatoms. The number of hydrogen-bond acceptors (Lipinski definition) is 2. The van der Waals surface area contributed by atoms with Gasteiger partial charge in [0, 0.05) is 18.6 Å². The molecular formula is C18H36N2. The molecule has 0 unspecified atom stereocenters. The molecule has 0 aromatic heterocycles. The Morgan fingerprint density at radius 2 is 1.65 bits per heavy atom. The third-order valence-electron chi connectivity index (χ3n) is 5.34. The lowest BCUT2D eigenvalue weighted by Gasteiger charge is -2.45. The van der Waals surface area contributed by atoms with E-state index in [0.29, 0.717) is 5.41 Å². The third-order valence-corrected chi connectivity index (χ3v) is 5.34. The topological polar surface area (TPSA) is 15.3 Å². The maximum absolute atomic E-state index is 3.81. The predicted octanol–water partition coefficient (Wildman–Crippen LogP) is 4.06. The number of piperidine rings is 1. The van der Waals surface area contributed by atoms with Gasteiger partial charge >= 0.3 is 0 Å². The number of rotatable bonds is 4. The molecule has 20 heavy (non-hydrogen) atoms. The third kappa shape index (κ3) is 5.04. The highest BCUT2D eigenvalue weighted by atomic mass is 15.1. The number of hydrogen-bond donors (Lipinski definition) is 1. The SMILES string of the molecule is CC1CCC(CNC(C)(C)C)(CN2CCCCC2)CC1. The van der Waals surface area contributed by atoms with E-state index in [2.05, 4.69) is 37.9 Å². The Hall–Kier alpha value is -0.0800. The Morgan fingerprint density at radius 1 is 1.05 bits per heavy atom. The van der Waals surface area contributed by atoms with E-state index in [1.54, 1.807) is 0 Å². The molecule has 0 amide bonds. The first kappa shape index (κ1) is 16.3. The molecule has 0 aromatic rings. The van der Waals surface area contributed by atoms with Crippen molar-refractivity contribution in [3.63, 3.8) is 0 Å². The standard InChI is InChI=1S/C18H36N2/c1-16-8-10-18(11-9-16,14-19-17(2,3)4)15-20-12-6-5-7-13-20/h16,19H,5-15H2,1-4H3. The second-order valence-electron chi connectivity index (χ2n) is 8.62. The van der Waals surface area contributed by atoms with E-state index in [0.717, 1.165) is 5.92 Å². The summed E-state index contributed by atoms with van der Waals surface area (Å²) in [6.45, 7) is 14.6. The van der Waals surface area contributed by atoms with E-state index in [4.69, 9.17) is 0 Å². The molecule has 1 heterocycles. The van der Waals surface area contributed by atoms with Crippen molar-refractivity contribution in [2.24, 2.45) is 11.3 Å². The largest absolute Gasteiger partial charge is 0.311 e. The maximum atomic E-state index is 3.81. The van der Waals surface area contributed by atoms with Crippen LogP contribution < -0.4 is 5.32 Å². The second kappa shape index (κ2) is 6.79. The van der Waals surface area contributed by atoms with Gasteiger partial charge in [-0.15, -0.1) is 0 Å². The van der Waals surface area contributed by atoms with Gasteiger partial charge in [-0.25, -0.2) is 0 Å². The van der Waals surface area contributed by atoms with Crippen LogP contribution in [0.3, 0.4) is 0 Å². The minimum absolute atomic E-state index is 0.248. The number of nitrogens with one attached hydrogen (secondary N) is 1. The van der Waals surface area contributed by atoms with Crippen LogP contribution in [0.5, 0.6) is 0 Å². The van der Waals surface area contributed by atoms with Crippen molar-refractivity contribution in [2.75, 3.05) is 26.2 Å². The van der Waals surface area contributed by atoms with Crippen LogP contribution in [0.4, 0.5) is 0 Å². The summed E-state index contributed by atoms with van der Waals surface area (Å²) in [4.78, 5) is 2.75. The van der Waals surface area contributed by atoms with Crippen LogP contribution in [0.15, 0.2) is 0 Å². The Balaban J connectivity index is 1.95. The van der Waals surface area contributed by atoms with Crippen molar-refractivity contribution in [1.82, 2.24) is 10.2 Å². The molecule has 1 N–H and O–H groups in total. The van der Waals surface area contributed by atoms with Gasteiger partial charge in [0.05, 0.1) is 0 Å². The molecule has 2 nitrogen and oxygen atoms in total. The first-order valence-corrected chi connectivity index (χ1v) is 8.86. The zero-order valence-electron chi connectivity index (χ0n) is 14.3. The summed E-state index contributed by atoms with van der Waals surface area (Å²) in [6.07, 6.45) is 9.99. The molecule has 118 valence electrons. The smallest absolute Gasteiger partial charge is 0.00967 e. The summed E-state index contributed by atoms with van der Waals surface area (Å²) in [5, 5.41) is 3.81. The van der Waals surface area contributed by atoms with Crippen molar-refractivity contribution in [3.8, 4) is 0 Å².